The maximum Gasteiger partial charge on any atom is 0.336 e. The highest BCUT2D eigenvalue weighted by Crippen LogP contribution is 2.18. The minimum atomic E-state index is -1.02. The number of nitrogens with two attached hydrogens (primary N) is 1. The number of benzene rings is 1. The molecule has 0 aliphatic rings. The van der Waals surface area contributed by atoms with Crippen LogP contribution in [0.5, 0.6) is 5.75 Å². The summed E-state index contributed by atoms with van der Waals surface area (Å²) in [7, 11) is 0. The number of aromatic carboxylic acids is 1. The smallest absolute Gasteiger partial charge is 0.336 e. The molecule has 0 amide bonds. The second-order valence-electron chi connectivity index (χ2n) is 2.54. The van der Waals surface area contributed by atoms with Crippen LogP contribution < -0.4 is 5.84 Å². The van der Waals surface area contributed by atoms with E-state index in [2.05, 4.69) is 5.84 Å². The Hall–Kier alpha value is -2.31. The molecule has 4 N–H and O–H groups in total. The van der Waals surface area contributed by atoms with Gasteiger partial charge in [0.2, 0.25) is 0 Å². The van der Waals surface area contributed by atoms with Crippen LogP contribution in [0, 0.1) is 17.0 Å². The predicted octanol–water partition coefficient (Wildman–Crippen LogP) is 0.536. The number of hydrogen-bond donors (Lipinski definition) is 3. The predicted molar refractivity (Wildman–Crippen MR) is 51.0 cm³/mol. The molecule has 7 nitrogen and oxygen atoms in total. The molecule has 0 spiro atoms. The minimum Gasteiger partial charge on any atom is -0.508 e. The summed E-state index contributed by atoms with van der Waals surface area (Å²) in [6.07, 6.45) is 0. The van der Waals surface area contributed by atoms with Crippen molar-refractivity contribution in [3.8, 4) is 5.75 Å². The summed E-state index contributed by atoms with van der Waals surface area (Å²) in [6.45, 7) is 1.57. The van der Waals surface area contributed by atoms with Crippen LogP contribution in [0.3, 0.4) is 0 Å². The second-order valence-corrected chi connectivity index (χ2v) is 2.54. The number of rotatable bonds is 1. The van der Waals surface area contributed by atoms with Gasteiger partial charge >= 0.3 is 5.97 Å². The third-order valence-electron chi connectivity index (χ3n) is 1.54. The number of carboxylic acids is 1. The van der Waals surface area contributed by atoms with Gasteiger partial charge < -0.3 is 10.2 Å². The Bertz CT molecular complexity index is 373. The third kappa shape index (κ3) is 4.46. The van der Waals surface area contributed by atoms with Gasteiger partial charge in [0.05, 0.1) is 5.56 Å². The van der Waals surface area contributed by atoms with Gasteiger partial charge in [0.1, 0.15) is 5.75 Å². The lowest BCUT2D eigenvalue weighted by atomic mass is 10.1. The molecule has 0 saturated heterocycles. The monoisotopic (exact) mass is 214 g/mol. The van der Waals surface area contributed by atoms with Crippen molar-refractivity contribution < 1.29 is 20.0 Å². The van der Waals surface area contributed by atoms with Crippen LogP contribution >= 0.6 is 0 Å². The number of nitrogens with zero attached hydrogens (tertiary/aromatic N) is 1. The van der Waals surface area contributed by atoms with Crippen LogP contribution in [0.1, 0.15) is 15.9 Å². The first-order valence-electron chi connectivity index (χ1n) is 3.77. The summed E-state index contributed by atoms with van der Waals surface area (Å²) in [5.41, 5.74) is 0.546. The van der Waals surface area contributed by atoms with E-state index in [1.807, 2.05) is 0 Å². The Labute approximate surface area is 84.9 Å². The molecule has 0 radical (unpaired) electrons. The summed E-state index contributed by atoms with van der Waals surface area (Å²) >= 11 is 0. The van der Waals surface area contributed by atoms with Crippen molar-refractivity contribution in [1.82, 2.24) is 0 Å². The molecule has 1 aromatic rings. The first-order chi connectivity index (χ1) is 6.86. The van der Waals surface area contributed by atoms with Crippen LogP contribution in [0.15, 0.2) is 18.2 Å². The number of carbonyl (C=O) groups is 1. The van der Waals surface area contributed by atoms with E-state index in [-0.39, 0.29) is 11.3 Å². The zero-order valence-corrected chi connectivity index (χ0v) is 7.88. The number of hydrogen-bond acceptors (Lipinski definition) is 4. The molecule has 0 fully saturated rings. The first kappa shape index (κ1) is 12.7. The molecule has 15 heavy (non-hydrogen) atoms. The van der Waals surface area contributed by atoms with Crippen LogP contribution in [-0.2, 0) is 0 Å². The lowest BCUT2D eigenvalue weighted by Crippen LogP contribution is -2.04. The highest BCUT2D eigenvalue weighted by atomic mass is 16.7. The van der Waals surface area contributed by atoms with Crippen molar-refractivity contribution in [3.05, 3.63) is 39.4 Å². The average molecular weight is 214 g/mol. The molecule has 0 saturated carbocycles. The van der Waals surface area contributed by atoms with Gasteiger partial charge in [0, 0.05) is 5.56 Å². The first-order valence-corrected chi connectivity index (χ1v) is 3.77. The van der Waals surface area contributed by atoms with E-state index in [1.54, 1.807) is 6.92 Å². The largest absolute Gasteiger partial charge is 0.508 e. The van der Waals surface area contributed by atoms with E-state index in [4.69, 9.17) is 20.3 Å². The zero-order chi connectivity index (χ0) is 12.0. The molecule has 0 heterocycles. The molecule has 82 valence electrons. The van der Waals surface area contributed by atoms with E-state index in [0.717, 1.165) is 0 Å². The van der Waals surface area contributed by atoms with Crippen molar-refractivity contribution in [3.63, 3.8) is 0 Å². The van der Waals surface area contributed by atoms with Crippen molar-refractivity contribution >= 4 is 5.97 Å². The fourth-order valence-electron chi connectivity index (χ4n) is 0.855. The topological polar surface area (TPSA) is 127 Å². The SMILES string of the molecule is Cc1c(O)cccc1C(=O)O.N[N+](=O)[O-]. The van der Waals surface area contributed by atoms with E-state index in [1.165, 1.54) is 18.2 Å². The summed E-state index contributed by atoms with van der Waals surface area (Å²) in [4.78, 5) is 19.0. The molecule has 0 aliphatic carbocycles. The molecule has 7 heteroatoms. The number of nitro groups is 1. The van der Waals surface area contributed by atoms with Crippen LogP contribution in [0.25, 0.3) is 0 Å². The van der Waals surface area contributed by atoms with Gasteiger partial charge in [-0.05, 0) is 19.1 Å². The number of phenolic OH excluding ortho intramolecular Hbond substituents is 1. The van der Waals surface area contributed by atoms with Crippen LogP contribution in [-0.4, -0.2) is 21.2 Å². The molecule has 0 atom stereocenters. The molecule has 0 unspecified atom stereocenters. The number of phenols is 1. The number of hydrazine groups is 1. The summed E-state index contributed by atoms with van der Waals surface area (Å²) < 4.78 is 0. The highest BCUT2D eigenvalue weighted by molar-refractivity contribution is 5.90. The Kier molecular flexibility index (Phi) is 4.59. The fraction of sp³-hybridized carbons (Fsp3) is 0.125. The van der Waals surface area contributed by atoms with Gasteiger partial charge in [-0.3, -0.25) is 0 Å². The quantitative estimate of drug-likeness (QED) is 0.355. The van der Waals surface area contributed by atoms with Crippen LogP contribution in [0.2, 0.25) is 0 Å². The van der Waals surface area contributed by atoms with Gasteiger partial charge in [-0.25, -0.2) is 14.9 Å². The Balaban J connectivity index is 0.000000423. The lowest BCUT2D eigenvalue weighted by Gasteiger charge is -2.00. The van der Waals surface area contributed by atoms with Gasteiger partial charge in [-0.2, -0.15) is 5.84 Å². The van der Waals surface area contributed by atoms with E-state index < -0.39 is 11.0 Å². The van der Waals surface area contributed by atoms with E-state index in [9.17, 15) is 4.79 Å². The molecule has 0 aliphatic heterocycles. The normalized spacial score (nSPS) is 8.60. The minimum absolute atomic E-state index is 0.0184. The third-order valence-corrected chi connectivity index (χ3v) is 1.54. The molecular formula is C8H10N2O5. The van der Waals surface area contributed by atoms with Gasteiger partial charge in [-0.15, -0.1) is 0 Å². The number of aromatic hydroxyl groups is 1. The average Bonchev–Trinajstić information content (AvgIpc) is 2.08. The standard InChI is InChI=1S/C8H8O3.H2N2O2/c1-5-6(8(10)11)3-2-4-7(5)9;1-2(3)4/h2-4,9H,1H3,(H,10,11);1H2. The number of carboxylic acid groups (broad SMARTS) is 1. The van der Waals surface area contributed by atoms with Crippen LogP contribution in [0.4, 0.5) is 0 Å². The molecule has 1 rings (SSSR count). The molecule has 0 aromatic heterocycles. The maximum atomic E-state index is 10.5. The van der Waals surface area contributed by atoms with Gasteiger partial charge in [-0.1, -0.05) is 6.07 Å². The van der Waals surface area contributed by atoms with Crippen molar-refractivity contribution in [1.29, 1.82) is 0 Å². The van der Waals surface area contributed by atoms with Gasteiger partial charge in [0.15, 0.2) is 5.03 Å². The molecule has 1 aromatic carbocycles. The summed E-state index contributed by atoms with van der Waals surface area (Å²) in [5.74, 6) is 2.84. The summed E-state index contributed by atoms with van der Waals surface area (Å²) in [6, 6.07) is 4.42. The second kappa shape index (κ2) is 5.43. The molecule has 0 bridgehead atoms. The van der Waals surface area contributed by atoms with Gasteiger partial charge in [0.25, 0.3) is 0 Å². The summed E-state index contributed by atoms with van der Waals surface area (Å²) in [5, 5.41) is 25.2. The maximum absolute atomic E-state index is 10.5. The lowest BCUT2D eigenvalue weighted by molar-refractivity contribution is -0.491. The van der Waals surface area contributed by atoms with Crippen molar-refractivity contribution in [2.75, 3.05) is 0 Å². The van der Waals surface area contributed by atoms with E-state index >= 15 is 0 Å². The van der Waals surface area contributed by atoms with E-state index in [0.29, 0.717) is 5.56 Å². The van der Waals surface area contributed by atoms with Crippen molar-refractivity contribution in [2.45, 2.75) is 6.92 Å². The Morgan fingerprint density at radius 3 is 2.33 bits per heavy atom. The highest BCUT2D eigenvalue weighted by Gasteiger charge is 2.08. The molecular weight excluding hydrogens is 204 g/mol. The zero-order valence-electron chi connectivity index (χ0n) is 7.88. The fourth-order valence-corrected chi connectivity index (χ4v) is 0.855. The Morgan fingerprint density at radius 1 is 1.53 bits per heavy atom. The van der Waals surface area contributed by atoms with Crippen molar-refractivity contribution in [2.24, 2.45) is 5.84 Å². The Morgan fingerprint density at radius 2 is 2.00 bits per heavy atom.